The van der Waals surface area contributed by atoms with Crippen molar-refractivity contribution in [2.24, 2.45) is 0 Å². The molecule has 0 aliphatic heterocycles. The minimum absolute atomic E-state index is 0.160. The van der Waals surface area contributed by atoms with Gasteiger partial charge in [0.15, 0.2) is 0 Å². The molecule has 1 aromatic rings. The average molecular weight is 337 g/mol. The summed E-state index contributed by atoms with van der Waals surface area (Å²) in [5, 5.41) is 3.28. The predicted molar refractivity (Wildman–Crippen MR) is 92.2 cm³/mol. The summed E-state index contributed by atoms with van der Waals surface area (Å²) in [7, 11) is 1.41. The molecule has 134 valence electrons. The van der Waals surface area contributed by atoms with E-state index in [-0.39, 0.29) is 18.5 Å². The molecule has 0 aromatic heterocycles. The SMILES string of the molecule is CCOCCOC(=O)c1ccc(NCCCCCC(=O)OC)cc1. The van der Waals surface area contributed by atoms with Crippen LogP contribution in [0, 0.1) is 0 Å². The standard InChI is InChI=1S/C18H27NO5/c1-3-23-13-14-24-18(21)15-8-10-16(11-9-15)19-12-6-4-5-7-17(20)22-2/h8-11,19H,3-7,12-14H2,1-2H3. The molecule has 0 fully saturated rings. The Labute approximate surface area is 143 Å². The first-order valence-electron chi connectivity index (χ1n) is 8.33. The first-order valence-corrected chi connectivity index (χ1v) is 8.33. The summed E-state index contributed by atoms with van der Waals surface area (Å²) in [4.78, 5) is 22.8. The van der Waals surface area contributed by atoms with Gasteiger partial charge in [-0.15, -0.1) is 0 Å². The summed E-state index contributed by atoms with van der Waals surface area (Å²) in [5.74, 6) is -0.504. The van der Waals surface area contributed by atoms with Crippen LogP contribution in [-0.4, -0.2) is 45.4 Å². The molecular formula is C18H27NO5. The molecule has 6 heteroatoms. The first-order chi connectivity index (χ1) is 11.7. The third kappa shape index (κ3) is 8.53. The van der Waals surface area contributed by atoms with Crippen LogP contribution in [0.5, 0.6) is 0 Å². The molecule has 0 saturated carbocycles. The van der Waals surface area contributed by atoms with Gasteiger partial charge in [-0.3, -0.25) is 4.79 Å². The van der Waals surface area contributed by atoms with Gasteiger partial charge in [0.25, 0.3) is 0 Å². The summed E-state index contributed by atoms with van der Waals surface area (Å²) in [5.41, 5.74) is 1.48. The molecule has 0 bridgehead atoms. The highest BCUT2D eigenvalue weighted by molar-refractivity contribution is 5.89. The fraction of sp³-hybridized carbons (Fsp3) is 0.556. The zero-order valence-electron chi connectivity index (χ0n) is 14.5. The van der Waals surface area contributed by atoms with Gasteiger partial charge in [0.2, 0.25) is 0 Å². The van der Waals surface area contributed by atoms with E-state index in [4.69, 9.17) is 9.47 Å². The Morgan fingerprint density at radius 1 is 1.04 bits per heavy atom. The highest BCUT2D eigenvalue weighted by Gasteiger charge is 2.06. The Morgan fingerprint density at radius 2 is 1.79 bits per heavy atom. The molecule has 0 aliphatic rings. The number of hydrogen-bond acceptors (Lipinski definition) is 6. The molecule has 6 nitrogen and oxygen atoms in total. The number of esters is 2. The zero-order chi connectivity index (χ0) is 17.6. The highest BCUT2D eigenvalue weighted by atomic mass is 16.6. The van der Waals surface area contributed by atoms with Crippen molar-refractivity contribution >= 4 is 17.6 Å². The summed E-state index contributed by atoms with van der Waals surface area (Å²) in [6.07, 6.45) is 3.24. The second kappa shape index (κ2) is 12.4. The lowest BCUT2D eigenvalue weighted by Gasteiger charge is -2.08. The van der Waals surface area contributed by atoms with Gasteiger partial charge in [-0.25, -0.2) is 4.79 Å². The molecular weight excluding hydrogens is 310 g/mol. The van der Waals surface area contributed by atoms with E-state index in [0.29, 0.717) is 25.2 Å². The summed E-state index contributed by atoms with van der Waals surface area (Å²) in [6, 6.07) is 7.19. The lowest BCUT2D eigenvalue weighted by atomic mass is 10.2. The molecule has 0 amide bonds. The van der Waals surface area contributed by atoms with E-state index in [1.165, 1.54) is 7.11 Å². The number of hydrogen-bond donors (Lipinski definition) is 1. The van der Waals surface area contributed by atoms with Gasteiger partial charge in [0.05, 0.1) is 19.3 Å². The normalized spacial score (nSPS) is 10.2. The van der Waals surface area contributed by atoms with E-state index in [2.05, 4.69) is 10.1 Å². The number of anilines is 1. The van der Waals surface area contributed by atoms with E-state index in [1.54, 1.807) is 12.1 Å². The lowest BCUT2D eigenvalue weighted by Crippen LogP contribution is -2.11. The number of benzene rings is 1. The van der Waals surface area contributed by atoms with Crippen molar-refractivity contribution in [2.45, 2.75) is 32.6 Å². The Hall–Kier alpha value is -2.08. The Bertz CT molecular complexity index is 487. The van der Waals surface area contributed by atoms with Gasteiger partial charge in [-0.2, -0.15) is 0 Å². The lowest BCUT2D eigenvalue weighted by molar-refractivity contribution is -0.140. The molecule has 0 radical (unpaired) electrons. The molecule has 0 atom stereocenters. The number of unbranched alkanes of at least 4 members (excludes halogenated alkanes) is 2. The van der Waals surface area contributed by atoms with Crippen LogP contribution in [0.4, 0.5) is 5.69 Å². The predicted octanol–water partition coefficient (Wildman–Crippen LogP) is 3.03. The van der Waals surface area contributed by atoms with Gasteiger partial charge < -0.3 is 19.5 Å². The summed E-state index contributed by atoms with van der Waals surface area (Å²) >= 11 is 0. The van der Waals surface area contributed by atoms with E-state index >= 15 is 0 Å². The molecule has 0 aliphatic carbocycles. The second-order valence-corrected chi connectivity index (χ2v) is 5.22. The van der Waals surface area contributed by atoms with Crippen molar-refractivity contribution < 1.29 is 23.8 Å². The topological polar surface area (TPSA) is 73.9 Å². The fourth-order valence-corrected chi connectivity index (χ4v) is 2.05. The van der Waals surface area contributed by atoms with Crippen LogP contribution in [0.1, 0.15) is 43.0 Å². The maximum absolute atomic E-state index is 11.8. The van der Waals surface area contributed by atoms with Crippen molar-refractivity contribution in [3.05, 3.63) is 29.8 Å². The van der Waals surface area contributed by atoms with Gasteiger partial charge in [0.1, 0.15) is 6.61 Å². The van der Waals surface area contributed by atoms with Crippen molar-refractivity contribution in [1.82, 2.24) is 0 Å². The van der Waals surface area contributed by atoms with E-state index in [1.807, 2.05) is 19.1 Å². The van der Waals surface area contributed by atoms with Crippen molar-refractivity contribution in [3.63, 3.8) is 0 Å². The summed E-state index contributed by atoms with van der Waals surface area (Å²) < 4.78 is 14.8. The Balaban J connectivity index is 2.20. The molecule has 0 spiro atoms. The van der Waals surface area contributed by atoms with Crippen LogP contribution in [0.2, 0.25) is 0 Å². The smallest absolute Gasteiger partial charge is 0.338 e. The van der Waals surface area contributed by atoms with Crippen LogP contribution in [0.15, 0.2) is 24.3 Å². The summed E-state index contributed by atoms with van der Waals surface area (Å²) in [6.45, 7) is 4.00. The second-order valence-electron chi connectivity index (χ2n) is 5.22. The fourth-order valence-electron chi connectivity index (χ4n) is 2.05. The molecule has 1 N–H and O–H groups in total. The molecule has 24 heavy (non-hydrogen) atoms. The van der Waals surface area contributed by atoms with Gasteiger partial charge >= 0.3 is 11.9 Å². The van der Waals surface area contributed by atoms with Crippen LogP contribution in [0.3, 0.4) is 0 Å². The van der Waals surface area contributed by atoms with Gasteiger partial charge in [0, 0.05) is 25.3 Å². The molecule has 1 rings (SSSR count). The largest absolute Gasteiger partial charge is 0.469 e. The zero-order valence-corrected chi connectivity index (χ0v) is 14.5. The van der Waals surface area contributed by atoms with Crippen LogP contribution >= 0.6 is 0 Å². The first kappa shape index (κ1) is 20.0. The molecule has 0 heterocycles. The quantitative estimate of drug-likeness (QED) is 0.467. The molecule has 0 unspecified atom stereocenters. The van der Waals surface area contributed by atoms with Gasteiger partial charge in [-0.05, 0) is 44.0 Å². The molecule has 1 aromatic carbocycles. The number of rotatable bonds is 12. The van der Waals surface area contributed by atoms with Crippen LogP contribution in [0.25, 0.3) is 0 Å². The van der Waals surface area contributed by atoms with E-state index in [9.17, 15) is 9.59 Å². The van der Waals surface area contributed by atoms with Crippen LogP contribution < -0.4 is 5.32 Å². The highest BCUT2D eigenvalue weighted by Crippen LogP contribution is 2.11. The number of carbonyl (C=O) groups excluding carboxylic acids is 2. The Kier molecular flexibility index (Phi) is 10.3. The van der Waals surface area contributed by atoms with Crippen LogP contribution in [-0.2, 0) is 19.0 Å². The molecule has 0 saturated heterocycles. The minimum atomic E-state index is -0.343. The maximum Gasteiger partial charge on any atom is 0.338 e. The third-order valence-corrected chi connectivity index (χ3v) is 3.40. The van der Waals surface area contributed by atoms with Gasteiger partial charge in [-0.1, -0.05) is 6.42 Å². The van der Waals surface area contributed by atoms with E-state index in [0.717, 1.165) is 31.5 Å². The maximum atomic E-state index is 11.8. The number of carbonyl (C=O) groups is 2. The van der Waals surface area contributed by atoms with E-state index < -0.39 is 0 Å². The average Bonchev–Trinajstić information content (AvgIpc) is 2.61. The van der Waals surface area contributed by atoms with Crippen molar-refractivity contribution in [3.8, 4) is 0 Å². The number of nitrogens with one attached hydrogen (secondary N) is 1. The third-order valence-electron chi connectivity index (χ3n) is 3.40. The van der Waals surface area contributed by atoms with Crippen molar-refractivity contribution in [1.29, 1.82) is 0 Å². The minimum Gasteiger partial charge on any atom is -0.469 e. The van der Waals surface area contributed by atoms with Crippen molar-refractivity contribution in [2.75, 3.05) is 38.8 Å². The monoisotopic (exact) mass is 337 g/mol. The Morgan fingerprint density at radius 3 is 2.46 bits per heavy atom. The number of ether oxygens (including phenoxy) is 3. The number of methoxy groups -OCH3 is 1.